The summed E-state index contributed by atoms with van der Waals surface area (Å²) in [5.41, 5.74) is 4.72. The average Bonchev–Trinajstić information content (AvgIpc) is 2.06. The van der Waals surface area contributed by atoms with Crippen LogP contribution in [0.4, 0.5) is 0 Å². The zero-order valence-electron chi connectivity index (χ0n) is 7.95. The fraction of sp³-hybridized carbons (Fsp3) is 0.889. The molecule has 0 saturated heterocycles. The maximum Gasteiger partial charge on any atom is 0.323 e. The summed E-state index contributed by atoms with van der Waals surface area (Å²) in [7, 11) is 0. The maximum atomic E-state index is 10.8. The standard InChI is InChI=1S/C9H17NO2.ClH/c1-9(10,8(11)12)7-5-3-2-4-6-7;/h7H,2-6,10H2,1H3,(H,11,12);1H/t9-;/m1./s1. The van der Waals surface area contributed by atoms with Gasteiger partial charge < -0.3 is 10.8 Å². The van der Waals surface area contributed by atoms with Crippen molar-refractivity contribution in [3.05, 3.63) is 0 Å². The van der Waals surface area contributed by atoms with E-state index in [0.717, 1.165) is 25.7 Å². The zero-order chi connectivity index (χ0) is 9.19. The molecule has 0 bridgehead atoms. The Morgan fingerprint density at radius 2 is 1.85 bits per heavy atom. The van der Waals surface area contributed by atoms with Gasteiger partial charge in [0.15, 0.2) is 0 Å². The molecule has 0 aromatic heterocycles. The molecule has 3 N–H and O–H groups in total. The minimum Gasteiger partial charge on any atom is -0.480 e. The number of aliphatic carboxylic acids is 1. The van der Waals surface area contributed by atoms with Crippen molar-refractivity contribution in [2.75, 3.05) is 0 Å². The van der Waals surface area contributed by atoms with Crippen LogP contribution in [0.3, 0.4) is 0 Å². The number of carbonyl (C=O) groups is 1. The summed E-state index contributed by atoms with van der Waals surface area (Å²) in [4.78, 5) is 10.8. The number of hydrogen-bond donors (Lipinski definition) is 2. The van der Waals surface area contributed by atoms with Gasteiger partial charge in [-0.1, -0.05) is 19.3 Å². The third-order valence-corrected chi connectivity index (χ3v) is 2.91. The summed E-state index contributed by atoms with van der Waals surface area (Å²) >= 11 is 0. The molecule has 1 rings (SSSR count). The first-order valence-corrected chi connectivity index (χ1v) is 4.57. The lowest BCUT2D eigenvalue weighted by atomic mass is 9.76. The van der Waals surface area contributed by atoms with Gasteiger partial charge in [0.05, 0.1) is 0 Å². The van der Waals surface area contributed by atoms with E-state index in [2.05, 4.69) is 0 Å². The van der Waals surface area contributed by atoms with Gasteiger partial charge in [-0.2, -0.15) is 0 Å². The highest BCUT2D eigenvalue weighted by molar-refractivity contribution is 5.85. The molecule has 4 heteroatoms. The quantitative estimate of drug-likeness (QED) is 0.726. The lowest BCUT2D eigenvalue weighted by Gasteiger charge is -2.32. The predicted octanol–water partition coefficient (Wildman–Crippen LogP) is 1.79. The Morgan fingerprint density at radius 3 is 2.23 bits per heavy atom. The van der Waals surface area contributed by atoms with Crippen LogP contribution in [-0.4, -0.2) is 16.6 Å². The Hall–Kier alpha value is -0.280. The molecule has 0 aliphatic heterocycles. The van der Waals surface area contributed by atoms with Crippen molar-refractivity contribution in [1.82, 2.24) is 0 Å². The molecule has 0 spiro atoms. The van der Waals surface area contributed by atoms with Gasteiger partial charge in [0, 0.05) is 0 Å². The van der Waals surface area contributed by atoms with Crippen molar-refractivity contribution in [2.24, 2.45) is 11.7 Å². The number of carboxylic acid groups (broad SMARTS) is 1. The van der Waals surface area contributed by atoms with Crippen molar-refractivity contribution >= 4 is 18.4 Å². The molecule has 1 atom stereocenters. The molecular weight excluding hydrogens is 190 g/mol. The number of hydrogen-bond acceptors (Lipinski definition) is 2. The van der Waals surface area contributed by atoms with E-state index in [-0.39, 0.29) is 18.3 Å². The molecule has 0 unspecified atom stereocenters. The number of carboxylic acids is 1. The summed E-state index contributed by atoms with van der Waals surface area (Å²) in [5.74, 6) is -0.696. The fourth-order valence-corrected chi connectivity index (χ4v) is 1.88. The number of halogens is 1. The number of nitrogens with two attached hydrogens (primary N) is 1. The van der Waals surface area contributed by atoms with E-state index in [0.29, 0.717) is 0 Å². The molecule has 0 amide bonds. The Balaban J connectivity index is 0.00000144. The van der Waals surface area contributed by atoms with Gasteiger partial charge in [-0.15, -0.1) is 12.4 Å². The van der Waals surface area contributed by atoms with Crippen LogP contribution in [0.1, 0.15) is 39.0 Å². The van der Waals surface area contributed by atoms with Gasteiger partial charge in [-0.3, -0.25) is 4.79 Å². The second-order valence-electron chi connectivity index (χ2n) is 3.92. The molecule has 0 heterocycles. The molecule has 3 nitrogen and oxygen atoms in total. The average molecular weight is 208 g/mol. The first-order chi connectivity index (χ1) is 5.55. The molecule has 0 aromatic carbocycles. The van der Waals surface area contributed by atoms with E-state index < -0.39 is 11.5 Å². The minimum atomic E-state index is -1.01. The van der Waals surface area contributed by atoms with Crippen molar-refractivity contribution in [2.45, 2.75) is 44.6 Å². The monoisotopic (exact) mass is 207 g/mol. The summed E-state index contributed by atoms with van der Waals surface area (Å²) in [6.45, 7) is 1.63. The molecule has 0 aromatic rings. The molecule has 78 valence electrons. The Labute approximate surface area is 85.1 Å². The number of rotatable bonds is 2. The minimum absolute atomic E-state index is 0. The summed E-state index contributed by atoms with van der Waals surface area (Å²) < 4.78 is 0. The smallest absolute Gasteiger partial charge is 0.323 e. The molecule has 1 saturated carbocycles. The van der Waals surface area contributed by atoms with Gasteiger partial charge in [0.2, 0.25) is 0 Å². The van der Waals surface area contributed by atoms with Gasteiger partial charge >= 0.3 is 5.97 Å². The van der Waals surface area contributed by atoms with Crippen LogP contribution in [0.25, 0.3) is 0 Å². The summed E-state index contributed by atoms with van der Waals surface area (Å²) in [6, 6.07) is 0. The van der Waals surface area contributed by atoms with E-state index in [1.807, 2.05) is 0 Å². The second kappa shape index (κ2) is 4.82. The Morgan fingerprint density at radius 1 is 1.38 bits per heavy atom. The van der Waals surface area contributed by atoms with E-state index in [1.165, 1.54) is 6.42 Å². The Bertz CT molecular complexity index is 176. The second-order valence-corrected chi connectivity index (χ2v) is 3.92. The van der Waals surface area contributed by atoms with Crippen molar-refractivity contribution in [3.8, 4) is 0 Å². The van der Waals surface area contributed by atoms with Crippen LogP contribution in [0.15, 0.2) is 0 Å². The fourth-order valence-electron chi connectivity index (χ4n) is 1.88. The maximum absolute atomic E-state index is 10.8. The molecule has 1 aliphatic rings. The van der Waals surface area contributed by atoms with Crippen LogP contribution in [-0.2, 0) is 4.79 Å². The molecule has 1 fully saturated rings. The molecule has 0 radical (unpaired) electrons. The van der Waals surface area contributed by atoms with Crippen molar-refractivity contribution in [1.29, 1.82) is 0 Å². The van der Waals surface area contributed by atoms with Crippen molar-refractivity contribution < 1.29 is 9.90 Å². The third-order valence-electron chi connectivity index (χ3n) is 2.91. The lowest BCUT2D eigenvalue weighted by Crippen LogP contribution is -2.51. The van der Waals surface area contributed by atoms with Crippen LogP contribution in [0.5, 0.6) is 0 Å². The van der Waals surface area contributed by atoms with Gasteiger partial charge in [0.1, 0.15) is 5.54 Å². The van der Waals surface area contributed by atoms with Crippen LogP contribution in [0.2, 0.25) is 0 Å². The van der Waals surface area contributed by atoms with Crippen LogP contribution in [0, 0.1) is 5.92 Å². The largest absolute Gasteiger partial charge is 0.480 e. The lowest BCUT2D eigenvalue weighted by molar-refractivity contribution is -0.145. The topological polar surface area (TPSA) is 63.3 Å². The van der Waals surface area contributed by atoms with E-state index in [1.54, 1.807) is 6.92 Å². The molecule has 1 aliphatic carbocycles. The zero-order valence-corrected chi connectivity index (χ0v) is 8.77. The van der Waals surface area contributed by atoms with Gasteiger partial charge in [0.25, 0.3) is 0 Å². The molecule has 13 heavy (non-hydrogen) atoms. The highest BCUT2D eigenvalue weighted by atomic mass is 35.5. The normalized spacial score (nSPS) is 22.9. The van der Waals surface area contributed by atoms with Gasteiger partial charge in [-0.05, 0) is 25.7 Å². The van der Waals surface area contributed by atoms with Crippen LogP contribution < -0.4 is 5.73 Å². The first-order valence-electron chi connectivity index (χ1n) is 4.57. The summed E-state index contributed by atoms with van der Waals surface area (Å²) in [6.07, 6.45) is 5.43. The molecular formula is C9H18ClNO2. The van der Waals surface area contributed by atoms with Crippen LogP contribution >= 0.6 is 12.4 Å². The van der Waals surface area contributed by atoms with E-state index in [4.69, 9.17) is 10.8 Å². The SMILES string of the molecule is C[C@](N)(C(=O)O)C1CCCCC1.Cl. The first kappa shape index (κ1) is 12.7. The Kier molecular flexibility index (Phi) is 4.71. The van der Waals surface area contributed by atoms with Crippen molar-refractivity contribution in [3.63, 3.8) is 0 Å². The van der Waals surface area contributed by atoms with E-state index in [9.17, 15) is 4.79 Å². The third kappa shape index (κ3) is 2.85. The van der Waals surface area contributed by atoms with Gasteiger partial charge in [-0.25, -0.2) is 0 Å². The highest BCUT2D eigenvalue weighted by Crippen LogP contribution is 2.31. The summed E-state index contributed by atoms with van der Waals surface area (Å²) in [5, 5.41) is 8.87. The highest BCUT2D eigenvalue weighted by Gasteiger charge is 2.37. The predicted molar refractivity (Wildman–Crippen MR) is 54.1 cm³/mol. The van der Waals surface area contributed by atoms with E-state index >= 15 is 0 Å².